The van der Waals surface area contributed by atoms with Crippen LogP contribution < -0.4 is 0 Å². The molecule has 0 spiro atoms. The monoisotopic (exact) mass is 242 g/mol. The van der Waals surface area contributed by atoms with Crippen LogP contribution in [-0.2, 0) is 11.3 Å². The summed E-state index contributed by atoms with van der Waals surface area (Å²) in [5.74, 6) is -0.394. The molecule has 1 atom stereocenters. The lowest BCUT2D eigenvalue weighted by Crippen LogP contribution is -2.15. The smallest absolute Gasteiger partial charge is 0.345 e. The molecule has 1 unspecified atom stereocenters. The first-order valence-electron chi connectivity index (χ1n) is 5.36. The van der Waals surface area contributed by atoms with Crippen LogP contribution in [0.25, 0.3) is 0 Å². The molecule has 0 fully saturated rings. The molecule has 0 bridgehead atoms. The van der Waals surface area contributed by atoms with E-state index in [0.717, 1.165) is 10.4 Å². The molecule has 1 rings (SSSR count). The van der Waals surface area contributed by atoms with Crippen LogP contribution in [0, 0.1) is 12.8 Å². The molecular weight excluding hydrogens is 224 g/mol. The van der Waals surface area contributed by atoms with E-state index in [1.165, 1.54) is 11.3 Å². The maximum Gasteiger partial charge on any atom is 0.345 e. The van der Waals surface area contributed by atoms with Gasteiger partial charge in [-0.3, -0.25) is 0 Å². The molecule has 0 aromatic carbocycles. The lowest BCUT2D eigenvalue weighted by atomic mass is 10.1. The molecule has 90 valence electrons. The highest BCUT2D eigenvalue weighted by molar-refractivity contribution is 7.14. The summed E-state index contributed by atoms with van der Waals surface area (Å²) in [5.41, 5.74) is 0.981. The van der Waals surface area contributed by atoms with Gasteiger partial charge in [0.25, 0.3) is 0 Å². The highest BCUT2D eigenvalue weighted by Gasteiger charge is 2.13. The van der Waals surface area contributed by atoms with Crippen molar-refractivity contribution in [1.82, 2.24) is 0 Å². The van der Waals surface area contributed by atoms with Crippen molar-refractivity contribution in [2.24, 2.45) is 5.92 Å². The summed E-state index contributed by atoms with van der Waals surface area (Å²) in [6, 6.07) is 1.70. The number of hydrogen-bond acceptors (Lipinski definition) is 3. The first-order valence-corrected chi connectivity index (χ1v) is 6.17. The molecule has 1 N–H and O–H groups in total. The van der Waals surface area contributed by atoms with Crippen LogP contribution in [0.3, 0.4) is 0 Å². The number of thiophene rings is 1. The van der Waals surface area contributed by atoms with Gasteiger partial charge in [-0.25, -0.2) is 4.79 Å². The Balaban J connectivity index is 2.64. The molecule has 0 saturated carbocycles. The molecule has 1 heterocycles. The molecule has 0 aliphatic rings. The van der Waals surface area contributed by atoms with Crippen molar-refractivity contribution in [3.8, 4) is 0 Å². The molecule has 3 nitrogen and oxygen atoms in total. The largest absolute Gasteiger partial charge is 0.477 e. The zero-order valence-corrected chi connectivity index (χ0v) is 10.9. The van der Waals surface area contributed by atoms with Crippen molar-refractivity contribution in [3.63, 3.8) is 0 Å². The Labute approximate surface area is 100 Å². The van der Waals surface area contributed by atoms with E-state index in [0.29, 0.717) is 17.4 Å². The van der Waals surface area contributed by atoms with Crippen molar-refractivity contribution >= 4 is 17.3 Å². The normalized spacial score (nSPS) is 13.1. The minimum absolute atomic E-state index is 0.188. The SMILES string of the molecule is Cc1sc(C(=O)O)cc1COC(C)C(C)C. The van der Waals surface area contributed by atoms with E-state index in [-0.39, 0.29) is 6.10 Å². The number of rotatable bonds is 5. The predicted molar refractivity (Wildman–Crippen MR) is 65.1 cm³/mol. The number of carboxylic acid groups (broad SMARTS) is 1. The van der Waals surface area contributed by atoms with E-state index in [9.17, 15) is 4.79 Å². The quantitative estimate of drug-likeness (QED) is 0.861. The Hall–Kier alpha value is -0.870. The van der Waals surface area contributed by atoms with Crippen LogP contribution in [0.4, 0.5) is 0 Å². The molecule has 0 radical (unpaired) electrons. The summed E-state index contributed by atoms with van der Waals surface area (Å²) in [7, 11) is 0. The number of ether oxygens (including phenoxy) is 1. The lowest BCUT2D eigenvalue weighted by Gasteiger charge is -2.16. The van der Waals surface area contributed by atoms with Crippen molar-refractivity contribution in [2.45, 2.75) is 40.4 Å². The first-order chi connectivity index (χ1) is 7.41. The highest BCUT2D eigenvalue weighted by Crippen LogP contribution is 2.23. The summed E-state index contributed by atoms with van der Waals surface area (Å²) in [6.45, 7) is 8.66. The number of carbonyl (C=O) groups is 1. The molecule has 0 aliphatic heterocycles. The van der Waals surface area contributed by atoms with Crippen LogP contribution in [0.2, 0.25) is 0 Å². The molecule has 16 heavy (non-hydrogen) atoms. The predicted octanol–water partition coefficient (Wildman–Crippen LogP) is 3.32. The van der Waals surface area contributed by atoms with E-state index in [1.807, 2.05) is 13.8 Å². The van der Waals surface area contributed by atoms with Gasteiger partial charge in [0, 0.05) is 4.88 Å². The second kappa shape index (κ2) is 5.46. The van der Waals surface area contributed by atoms with Crippen LogP contribution in [0.15, 0.2) is 6.07 Å². The van der Waals surface area contributed by atoms with Gasteiger partial charge in [-0.05, 0) is 31.4 Å². The minimum atomic E-state index is -0.865. The Morgan fingerprint density at radius 1 is 1.50 bits per heavy atom. The summed E-state index contributed by atoms with van der Waals surface area (Å²) < 4.78 is 5.68. The van der Waals surface area contributed by atoms with Gasteiger partial charge >= 0.3 is 5.97 Å². The fourth-order valence-corrected chi connectivity index (χ4v) is 2.05. The molecule has 0 amide bonds. The molecular formula is C12H18O3S. The molecule has 4 heteroatoms. The zero-order chi connectivity index (χ0) is 12.3. The standard InChI is InChI=1S/C12H18O3S/c1-7(2)8(3)15-6-10-5-11(12(13)14)16-9(10)4/h5,7-8H,6H2,1-4H3,(H,13,14). The van der Waals surface area contributed by atoms with Crippen molar-refractivity contribution in [3.05, 3.63) is 21.4 Å². The van der Waals surface area contributed by atoms with Gasteiger partial charge in [-0.1, -0.05) is 13.8 Å². The number of hydrogen-bond donors (Lipinski definition) is 1. The van der Waals surface area contributed by atoms with Gasteiger partial charge in [-0.15, -0.1) is 11.3 Å². The van der Waals surface area contributed by atoms with Gasteiger partial charge in [0.2, 0.25) is 0 Å². The molecule has 0 saturated heterocycles. The van der Waals surface area contributed by atoms with Gasteiger partial charge in [-0.2, -0.15) is 0 Å². The highest BCUT2D eigenvalue weighted by atomic mass is 32.1. The Kier molecular flexibility index (Phi) is 4.50. The van der Waals surface area contributed by atoms with Gasteiger partial charge < -0.3 is 9.84 Å². The second-order valence-corrected chi connectivity index (χ2v) is 5.51. The van der Waals surface area contributed by atoms with Crippen LogP contribution in [-0.4, -0.2) is 17.2 Å². The second-order valence-electron chi connectivity index (χ2n) is 4.26. The van der Waals surface area contributed by atoms with Crippen molar-refractivity contribution in [2.75, 3.05) is 0 Å². The third kappa shape index (κ3) is 3.32. The first kappa shape index (κ1) is 13.2. The van der Waals surface area contributed by atoms with Crippen LogP contribution in [0.1, 0.15) is 40.9 Å². The summed E-state index contributed by atoms with van der Waals surface area (Å²) >= 11 is 1.30. The third-order valence-corrected chi connectivity index (χ3v) is 3.75. The molecule has 1 aromatic heterocycles. The van der Waals surface area contributed by atoms with E-state index in [2.05, 4.69) is 13.8 Å². The third-order valence-electron chi connectivity index (χ3n) is 2.67. The Bertz CT molecular complexity index is 368. The molecule has 1 aromatic rings. The van der Waals surface area contributed by atoms with Crippen molar-refractivity contribution < 1.29 is 14.6 Å². The zero-order valence-electron chi connectivity index (χ0n) is 10.1. The van der Waals surface area contributed by atoms with E-state index in [1.54, 1.807) is 6.07 Å². The average Bonchev–Trinajstić information content (AvgIpc) is 2.56. The molecule has 0 aliphatic carbocycles. The maximum atomic E-state index is 10.8. The topological polar surface area (TPSA) is 46.5 Å². The maximum absolute atomic E-state index is 10.8. The van der Waals surface area contributed by atoms with E-state index < -0.39 is 5.97 Å². The summed E-state index contributed by atoms with van der Waals surface area (Å²) in [4.78, 5) is 12.2. The lowest BCUT2D eigenvalue weighted by molar-refractivity contribution is 0.0234. The fourth-order valence-electron chi connectivity index (χ4n) is 1.18. The number of aryl methyl sites for hydroxylation is 1. The Morgan fingerprint density at radius 2 is 2.12 bits per heavy atom. The number of carboxylic acids is 1. The number of aromatic carboxylic acids is 1. The summed E-state index contributed by atoms with van der Waals surface area (Å²) in [6.07, 6.45) is 0.188. The minimum Gasteiger partial charge on any atom is -0.477 e. The summed E-state index contributed by atoms with van der Waals surface area (Å²) in [5, 5.41) is 8.86. The van der Waals surface area contributed by atoms with E-state index in [4.69, 9.17) is 9.84 Å². The van der Waals surface area contributed by atoms with Crippen molar-refractivity contribution in [1.29, 1.82) is 0 Å². The van der Waals surface area contributed by atoms with Gasteiger partial charge in [0.1, 0.15) is 4.88 Å². The average molecular weight is 242 g/mol. The van der Waals surface area contributed by atoms with Gasteiger partial charge in [0.05, 0.1) is 12.7 Å². The van der Waals surface area contributed by atoms with E-state index >= 15 is 0 Å². The fraction of sp³-hybridized carbons (Fsp3) is 0.583. The van der Waals surface area contributed by atoms with Gasteiger partial charge in [0.15, 0.2) is 0 Å². The van der Waals surface area contributed by atoms with Crippen LogP contribution >= 0.6 is 11.3 Å². The Morgan fingerprint density at radius 3 is 2.56 bits per heavy atom. The van der Waals surface area contributed by atoms with Crippen LogP contribution in [0.5, 0.6) is 0 Å².